The highest BCUT2D eigenvalue weighted by Gasteiger charge is 2.18. The largest absolute Gasteiger partial charge is 0.478 e. The molecule has 0 radical (unpaired) electrons. The van der Waals surface area contributed by atoms with Gasteiger partial charge in [-0.1, -0.05) is 45.0 Å². The fourth-order valence-electron chi connectivity index (χ4n) is 1.96. The maximum atomic E-state index is 11.2. The van der Waals surface area contributed by atoms with Gasteiger partial charge in [-0.3, -0.25) is 0 Å². The monoisotopic (exact) mass is 275 g/mol. The Kier molecular flexibility index (Phi) is 3.37. The molecule has 0 aliphatic carbocycles. The molecule has 0 aliphatic heterocycles. The molecule has 1 aromatic heterocycles. The van der Waals surface area contributed by atoms with E-state index in [2.05, 4.69) is 20.8 Å². The van der Waals surface area contributed by atoms with Crippen molar-refractivity contribution in [1.82, 2.24) is 0 Å². The lowest BCUT2D eigenvalue weighted by atomic mass is 9.86. The number of hydrogen-bond donors (Lipinski definition) is 2. The lowest BCUT2D eigenvalue weighted by Gasteiger charge is -2.19. The van der Waals surface area contributed by atoms with E-state index in [0.29, 0.717) is 10.6 Å². The predicted molar refractivity (Wildman–Crippen MR) is 79.8 cm³/mol. The number of rotatable bonds is 2. The lowest BCUT2D eigenvalue weighted by molar-refractivity contribution is 0.0699. The van der Waals surface area contributed by atoms with Crippen LogP contribution < -0.4 is 5.73 Å². The van der Waals surface area contributed by atoms with Gasteiger partial charge >= 0.3 is 5.97 Å². The third kappa shape index (κ3) is 2.63. The van der Waals surface area contributed by atoms with Crippen LogP contribution in [0.3, 0.4) is 0 Å². The Morgan fingerprint density at radius 2 is 1.79 bits per heavy atom. The molecule has 2 rings (SSSR count). The van der Waals surface area contributed by atoms with Crippen LogP contribution in [0, 0.1) is 0 Å². The fourth-order valence-corrected chi connectivity index (χ4v) is 2.77. The molecule has 2 aromatic rings. The van der Waals surface area contributed by atoms with E-state index >= 15 is 0 Å². The van der Waals surface area contributed by atoms with Crippen molar-refractivity contribution in [1.29, 1.82) is 0 Å². The van der Waals surface area contributed by atoms with Crippen molar-refractivity contribution in [2.75, 3.05) is 5.73 Å². The summed E-state index contributed by atoms with van der Waals surface area (Å²) >= 11 is 1.26. The zero-order chi connectivity index (χ0) is 14.2. The summed E-state index contributed by atoms with van der Waals surface area (Å²) in [7, 11) is 0. The number of hydrogen-bond acceptors (Lipinski definition) is 3. The van der Waals surface area contributed by atoms with Gasteiger partial charge in [-0.25, -0.2) is 4.79 Å². The van der Waals surface area contributed by atoms with Crippen LogP contribution in [-0.4, -0.2) is 11.1 Å². The number of anilines is 1. The molecule has 0 atom stereocenters. The molecule has 3 N–H and O–H groups in total. The first-order valence-electron chi connectivity index (χ1n) is 6.02. The Balaban J connectivity index is 2.46. The van der Waals surface area contributed by atoms with E-state index in [1.807, 2.05) is 24.3 Å². The van der Waals surface area contributed by atoms with Gasteiger partial charge < -0.3 is 10.8 Å². The highest BCUT2D eigenvalue weighted by atomic mass is 32.1. The average Bonchev–Trinajstić information content (AvgIpc) is 2.70. The van der Waals surface area contributed by atoms with Gasteiger partial charge in [0.1, 0.15) is 10.6 Å². The molecule has 0 saturated carbocycles. The van der Waals surface area contributed by atoms with Crippen LogP contribution in [0.4, 0.5) is 5.00 Å². The molecule has 100 valence electrons. The minimum absolute atomic E-state index is 0.0852. The normalized spacial score (nSPS) is 11.5. The minimum atomic E-state index is -0.978. The Bertz CT molecular complexity index is 606. The third-order valence-electron chi connectivity index (χ3n) is 3.10. The molecule has 0 unspecified atom stereocenters. The van der Waals surface area contributed by atoms with Crippen molar-refractivity contribution in [2.24, 2.45) is 0 Å². The fraction of sp³-hybridized carbons (Fsp3) is 0.267. The van der Waals surface area contributed by atoms with Crippen LogP contribution in [0.25, 0.3) is 11.1 Å². The number of carboxylic acids is 1. The Labute approximate surface area is 116 Å². The molecule has 1 aromatic carbocycles. The average molecular weight is 275 g/mol. The van der Waals surface area contributed by atoms with Gasteiger partial charge in [-0.2, -0.15) is 0 Å². The second kappa shape index (κ2) is 4.70. The molecule has 4 heteroatoms. The quantitative estimate of drug-likeness (QED) is 0.871. The standard InChI is InChI=1S/C15H17NO2S/c1-15(2,3)10-6-4-9(5-7-10)11-8-19-13(16)12(11)14(17)18/h4-8H,16H2,1-3H3,(H,17,18). The summed E-state index contributed by atoms with van der Waals surface area (Å²) in [6.07, 6.45) is 0. The number of carboxylic acid groups (broad SMARTS) is 1. The molecular formula is C15H17NO2S. The molecule has 3 nitrogen and oxygen atoms in total. The first-order chi connectivity index (χ1) is 8.80. The third-order valence-corrected chi connectivity index (χ3v) is 3.91. The number of thiophene rings is 1. The molecule has 19 heavy (non-hydrogen) atoms. The summed E-state index contributed by atoms with van der Waals surface area (Å²) in [5, 5.41) is 11.4. The van der Waals surface area contributed by atoms with Gasteiger partial charge in [0.2, 0.25) is 0 Å². The summed E-state index contributed by atoms with van der Waals surface area (Å²) in [6, 6.07) is 7.98. The number of nitrogen functional groups attached to an aromatic ring is 1. The van der Waals surface area contributed by atoms with Crippen molar-refractivity contribution in [3.8, 4) is 11.1 Å². The van der Waals surface area contributed by atoms with Crippen LogP contribution in [0.1, 0.15) is 36.7 Å². The zero-order valence-electron chi connectivity index (χ0n) is 11.2. The first kappa shape index (κ1) is 13.6. The van der Waals surface area contributed by atoms with E-state index in [-0.39, 0.29) is 11.0 Å². The zero-order valence-corrected chi connectivity index (χ0v) is 12.0. The molecule has 1 heterocycles. The summed E-state index contributed by atoms with van der Waals surface area (Å²) in [5.74, 6) is -0.978. The van der Waals surface area contributed by atoms with E-state index in [4.69, 9.17) is 5.73 Å². The summed E-state index contributed by atoms with van der Waals surface area (Å²) in [4.78, 5) is 11.2. The van der Waals surface area contributed by atoms with Gasteiger partial charge in [0, 0.05) is 10.9 Å². The Morgan fingerprint density at radius 1 is 1.21 bits per heavy atom. The Morgan fingerprint density at radius 3 is 2.26 bits per heavy atom. The first-order valence-corrected chi connectivity index (χ1v) is 6.90. The number of nitrogens with two attached hydrogens (primary N) is 1. The molecule has 0 bridgehead atoms. The van der Waals surface area contributed by atoms with Gasteiger partial charge in [0.25, 0.3) is 0 Å². The van der Waals surface area contributed by atoms with Crippen molar-refractivity contribution in [3.05, 3.63) is 40.8 Å². The molecular weight excluding hydrogens is 258 g/mol. The van der Waals surface area contributed by atoms with Gasteiger partial charge in [-0.15, -0.1) is 11.3 Å². The highest BCUT2D eigenvalue weighted by molar-refractivity contribution is 7.14. The van der Waals surface area contributed by atoms with Crippen molar-refractivity contribution < 1.29 is 9.90 Å². The van der Waals surface area contributed by atoms with E-state index in [1.54, 1.807) is 5.38 Å². The number of carbonyl (C=O) groups is 1. The lowest BCUT2D eigenvalue weighted by Crippen LogP contribution is -2.10. The second-order valence-corrected chi connectivity index (χ2v) is 6.43. The van der Waals surface area contributed by atoms with Crippen molar-refractivity contribution in [2.45, 2.75) is 26.2 Å². The maximum absolute atomic E-state index is 11.2. The smallest absolute Gasteiger partial charge is 0.339 e. The van der Waals surface area contributed by atoms with E-state index in [9.17, 15) is 9.90 Å². The molecule has 0 saturated heterocycles. The maximum Gasteiger partial charge on any atom is 0.339 e. The number of benzene rings is 1. The molecule has 0 spiro atoms. The topological polar surface area (TPSA) is 63.3 Å². The summed E-state index contributed by atoms with van der Waals surface area (Å²) in [6.45, 7) is 6.44. The highest BCUT2D eigenvalue weighted by Crippen LogP contribution is 2.34. The summed E-state index contributed by atoms with van der Waals surface area (Å²) < 4.78 is 0. The SMILES string of the molecule is CC(C)(C)c1ccc(-c2csc(N)c2C(=O)O)cc1. The van der Waals surface area contributed by atoms with Crippen LogP contribution in [0.15, 0.2) is 29.6 Å². The van der Waals surface area contributed by atoms with Gasteiger partial charge in [-0.05, 0) is 16.5 Å². The summed E-state index contributed by atoms with van der Waals surface area (Å²) in [5.41, 5.74) is 8.80. The van der Waals surface area contributed by atoms with E-state index in [0.717, 1.165) is 5.56 Å². The van der Waals surface area contributed by atoms with Crippen molar-refractivity contribution in [3.63, 3.8) is 0 Å². The number of aromatic carboxylic acids is 1. The molecule has 0 aliphatic rings. The van der Waals surface area contributed by atoms with Crippen molar-refractivity contribution >= 4 is 22.3 Å². The van der Waals surface area contributed by atoms with Crippen LogP contribution >= 0.6 is 11.3 Å². The van der Waals surface area contributed by atoms with Crippen LogP contribution in [0.5, 0.6) is 0 Å². The van der Waals surface area contributed by atoms with Crippen LogP contribution in [0.2, 0.25) is 0 Å². The van der Waals surface area contributed by atoms with E-state index < -0.39 is 5.97 Å². The minimum Gasteiger partial charge on any atom is -0.478 e. The molecule has 0 fully saturated rings. The van der Waals surface area contributed by atoms with Gasteiger partial charge in [0.15, 0.2) is 0 Å². The Hall–Kier alpha value is -1.81. The van der Waals surface area contributed by atoms with Gasteiger partial charge in [0.05, 0.1) is 0 Å². The predicted octanol–water partition coefficient (Wildman–Crippen LogP) is 3.99. The van der Waals surface area contributed by atoms with E-state index in [1.165, 1.54) is 16.9 Å². The second-order valence-electron chi connectivity index (χ2n) is 5.52. The van der Waals surface area contributed by atoms with Crippen LogP contribution in [-0.2, 0) is 5.41 Å². The molecule has 0 amide bonds.